The number of anilines is 1. The van der Waals surface area contributed by atoms with E-state index in [1.54, 1.807) is 38.5 Å². The number of nitrogens with zero attached hydrogens (tertiary/aromatic N) is 2. The van der Waals surface area contributed by atoms with Crippen molar-refractivity contribution >= 4 is 23.1 Å². The Hall–Kier alpha value is -3.28. The maximum absolute atomic E-state index is 13.6. The third kappa shape index (κ3) is 3.35. The van der Waals surface area contributed by atoms with Crippen molar-refractivity contribution in [3.8, 4) is 11.5 Å². The fourth-order valence-electron chi connectivity index (χ4n) is 4.01. The van der Waals surface area contributed by atoms with Gasteiger partial charge in [-0.2, -0.15) is 0 Å². The first kappa shape index (κ1) is 19.1. The smallest absolute Gasteiger partial charge is 0.282 e. The van der Waals surface area contributed by atoms with Crippen LogP contribution in [0.1, 0.15) is 24.8 Å². The van der Waals surface area contributed by atoms with E-state index in [0.29, 0.717) is 34.0 Å². The van der Waals surface area contributed by atoms with Crippen LogP contribution in [0, 0.1) is 0 Å². The van der Waals surface area contributed by atoms with Crippen LogP contribution < -0.4 is 14.4 Å². The predicted molar refractivity (Wildman–Crippen MR) is 111 cm³/mol. The molecule has 2 aromatic carbocycles. The fraction of sp³-hybridized carbons (Fsp3) is 0.304. The molecule has 29 heavy (non-hydrogen) atoms. The number of ether oxygens (including phenoxy) is 2. The third-order valence-corrected chi connectivity index (χ3v) is 5.42. The average Bonchev–Trinajstić information content (AvgIpc) is 3.04. The second kappa shape index (κ2) is 7.99. The minimum Gasteiger partial charge on any atom is -0.497 e. The largest absolute Gasteiger partial charge is 0.497 e. The van der Waals surface area contributed by atoms with Crippen LogP contribution in [0.5, 0.6) is 11.5 Å². The molecule has 0 aliphatic carbocycles. The SMILES string of the molecule is COc1cccc(N2C(=O)C(c3ccccc3OC)=C(N3CCCCC3)C2=O)c1. The average molecular weight is 392 g/mol. The number of amides is 2. The van der Waals surface area contributed by atoms with E-state index in [9.17, 15) is 9.59 Å². The molecule has 2 aromatic rings. The van der Waals surface area contributed by atoms with Gasteiger partial charge in [-0.05, 0) is 37.5 Å². The Kier molecular flexibility index (Phi) is 5.25. The molecule has 0 unspecified atom stereocenters. The second-order valence-electron chi connectivity index (χ2n) is 7.12. The molecule has 2 heterocycles. The summed E-state index contributed by atoms with van der Waals surface area (Å²) in [6.45, 7) is 1.53. The molecule has 2 aliphatic rings. The lowest BCUT2D eigenvalue weighted by atomic mass is 10.0. The van der Waals surface area contributed by atoms with Gasteiger partial charge < -0.3 is 14.4 Å². The molecule has 0 aromatic heterocycles. The van der Waals surface area contributed by atoms with Crippen molar-refractivity contribution in [2.75, 3.05) is 32.2 Å². The van der Waals surface area contributed by atoms with E-state index >= 15 is 0 Å². The molecule has 0 atom stereocenters. The van der Waals surface area contributed by atoms with Gasteiger partial charge in [-0.3, -0.25) is 9.59 Å². The molecule has 0 spiro atoms. The summed E-state index contributed by atoms with van der Waals surface area (Å²) in [6.07, 6.45) is 3.14. The monoisotopic (exact) mass is 392 g/mol. The molecule has 2 amide bonds. The van der Waals surface area contributed by atoms with E-state index in [1.807, 2.05) is 29.2 Å². The van der Waals surface area contributed by atoms with E-state index in [2.05, 4.69) is 0 Å². The summed E-state index contributed by atoms with van der Waals surface area (Å²) in [5, 5.41) is 0. The van der Waals surface area contributed by atoms with Gasteiger partial charge in [0, 0.05) is 24.7 Å². The van der Waals surface area contributed by atoms with E-state index in [0.717, 1.165) is 32.4 Å². The highest BCUT2D eigenvalue weighted by molar-refractivity contribution is 6.45. The van der Waals surface area contributed by atoms with Gasteiger partial charge in [0.05, 0.1) is 25.5 Å². The van der Waals surface area contributed by atoms with Crippen LogP contribution in [0.15, 0.2) is 54.2 Å². The minimum atomic E-state index is -0.340. The maximum atomic E-state index is 13.6. The molecule has 0 N–H and O–H groups in total. The van der Waals surface area contributed by atoms with E-state index in [4.69, 9.17) is 9.47 Å². The number of piperidine rings is 1. The molecular formula is C23H24N2O4. The molecular weight excluding hydrogens is 368 g/mol. The van der Waals surface area contributed by atoms with Crippen LogP contribution in [0.2, 0.25) is 0 Å². The van der Waals surface area contributed by atoms with Crippen LogP contribution >= 0.6 is 0 Å². The van der Waals surface area contributed by atoms with Crippen LogP contribution in [-0.4, -0.2) is 44.0 Å². The Morgan fingerprint density at radius 2 is 1.59 bits per heavy atom. The number of imide groups is 1. The Labute approximate surface area is 170 Å². The number of benzene rings is 2. The first-order valence-electron chi connectivity index (χ1n) is 9.81. The van der Waals surface area contributed by atoms with Crippen molar-refractivity contribution in [1.29, 1.82) is 0 Å². The number of methoxy groups -OCH3 is 2. The Morgan fingerprint density at radius 1 is 0.828 bits per heavy atom. The van der Waals surface area contributed by atoms with Gasteiger partial charge in [-0.25, -0.2) is 4.90 Å². The van der Waals surface area contributed by atoms with Crippen molar-refractivity contribution < 1.29 is 19.1 Å². The minimum absolute atomic E-state index is 0.300. The highest BCUT2D eigenvalue weighted by Gasteiger charge is 2.43. The van der Waals surface area contributed by atoms with Gasteiger partial charge >= 0.3 is 0 Å². The first-order chi connectivity index (χ1) is 14.2. The standard InChI is InChI=1S/C23H24N2O4/c1-28-17-10-8-9-16(15-17)25-22(26)20(18-11-4-5-12-19(18)29-2)21(23(25)27)24-13-6-3-7-14-24/h4-5,8-12,15H,3,6-7,13-14H2,1-2H3. The summed E-state index contributed by atoms with van der Waals surface area (Å²) in [5.41, 5.74) is 2.00. The summed E-state index contributed by atoms with van der Waals surface area (Å²) in [4.78, 5) is 30.4. The molecule has 4 rings (SSSR count). The number of hydrogen-bond donors (Lipinski definition) is 0. The summed E-state index contributed by atoms with van der Waals surface area (Å²) in [7, 11) is 3.13. The van der Waals surface area contributed by atoms with E-state index < -0.39 is 0 Å². The quantitative estimate of drug-likeness (QED) is 0.729. The lowest BCUT2D eigenvalue weighted by molar-refractivity contribution is -0.120. The molecule has 6 heteroatoms. The highest BCUT2D eigenvalue weighted by Crippen LogP contribution is 2.39. The lowest BCUT2D eigenvalue weighted by Gasteiger charge is -2.29. The second-order valence-corrected chi connectivity index (χ2v) is 7.12. The zero-order valence-electron chi connectivity index (χ0n) is 16.7. The highest BCUT2D eigenvalue weighted by atomic mass is 16.5. The van der Waals surface area contributed by atoms with Crippen molar-refractivity contribution in [3.05, 3.63) is 59.8 Å². The van der Waals surface area contributed by atoms with Gasteiger partial charge in [-0.1, -0.05) is 24.3 Å². The molecule has 1 fully saturated rings. The number of para-hydroxylation sites is 1. The van der Waals surface area contributed by atoms with Gasteiger partial charge in [0.25, 0.3) is 11.8 Å². The Morgan fingerprint density at radius 3 is 2.31 bits per heavy atom. The topological polar surface area (TPSA) is 59.1 Å². The van der Waals surface area contributed by atoms with Crippen molar-refractivity contribution in [2.45, 2.75) is 19.3 Å². The number of rotatable bonds is 5. The number of hydrogen-bond acceptors (Lipinski definition) is 5. The molecule has 0 radical (unpaired) electrons. The molecule has 0 bridgehead atoms. The van der Waals surface area contributed by atoms with E-state index in [-0.39, 0.29) is 11.8 Å². The van der Waals surface area contributed by atoms with Crippen molar-refractivity contribution in [2.24, 2.45) is 0 Å². The van der Waals surface area contributed by atoms with Crippen LogP contribution in [0.25, 0.3) is 5.57 Å². The summed E-state index contributed by atoms with van der Waals surface area (Å²) >= 11 is 0. The van der Waals surface area contributed by atoms with Crippen molar-refractivity contribution in [1.82, 2.24) is 4.90 Å². The van der Waals surface area contributed by atoms with Crippen LogP contribution in [-0.2, 0) is 9.59 Å². The lowest BCUT2D eigenvalue weighted by Crippen LogP contribution is -2.37. The van der Waals surface area contributed by atoms with E-state index in [1.165, 1.54) is 4.90 Å². The Bertz CT molecular complexity index is 976. The van der Waals surface area contributed by atoms with Crippen LogP contribution in [0.4, 0.5) is 5.69 Å². The zero-order valence-corrected chi connectivity index (χ0v) is 16.7. The first-order valence-corrected chi connectivity index (χ1v) is 9.81. The summed E-state index contributed by atoms with van der Waals surface area (Å²) in [5.74, 6) is 0.526. The van der Waals surface area contributed by atoms with Gasteiger partial charge in [0.15, 0.2) is 0 Å². The fourth-order valence-corrected chi connectivity index (χ4v) is 4.01. The third-order valence-electron chi connectivity index (χ3n) is 5.42. The maximum Gasteiger partial charge on any atom is 0.282 e. The molecule has 150 valence electrons. The van der Waals surface area contributed by atoms with Gasteiger partial charge in [0.1, 0.15) is 17.2 Å². The zero-order chi connectivity index (χ0) is 20.4. The summed E-state index contributed by atoms with van der Waals surface area (Å²) < 4.78 is 10.8. The van der Waals surface area contributed by atoms with Gasteiger partial charge in [0.2, 0.25) is 0 Å². The molecule has 0 saturated carbocycles. The molecule has 6 nitrogen and oxygen atoms in total. The normalized spacial score (nSPS) is 17.2. The Balaban J connectivity index is 1.86. The number of carbonyl (C=O) groups excluding carboxylic acids is 2. The number of carbonyl (C=O) groups is 2. The number of likely N-dealkylation sites (tertiary alicyclic amines) is 1. The van der Waals surface area contributed by atoms with Crippen molar-refractivity contribution in [3.63, 3.8) is 0 Å². The van der Waals surface area contributed by atoms with Crippen LogP contribution in [0.3, 0.4) is 0 Å². The predicted octanol–water partition coefficient (Wildman–Crippen LogP) is 3.47. The van der Waals surface area contributed by atoms with Gasteiger partial charge in [-0.15, -0.1) is 0 Å². The molecule has 1 saturated heterocycles. The molecule has 2 aliphatic heterocycles. The summed E-state index contributed by atoms with van der Waals surface area (Å²) in [6, 6.07) is 14.4.